The van der Waals surface area contributed by atoms with Crippen LogP contribution in [-0.4, -0.2) is 0 Å². The fourth-order valence-electron chi connectivity index (χ4n) is 17.0. The molecule has 0 aliphatic heterocycles. The minimum Gasteiger partial charge on any atom is -0.0622 e. The summed E-state index contributed by atoms with van der Waals surface area (Å²) in [5.74, 6) is 0. The van der Waals surface area contributed by atoms with Crippen LogP contribution in [0.1, 0.15) is 52.7 Å². The van der Waals surface area contributed by atoms with E-state index in [1.54, 1.807) is 0 Å². The lowest BCUT2D eigenvalue weighted by atomic mass is 9.78. The third kappa shape index (κ3) is 12.8. The zero-order chi connectivity index (χ0) is 74.5. The predicted molar refractivity (Wildman–Crippen MR) is 475 cm³/mol. The standard InChI is InChI=1S/C56H48.C54H36/c1-55(2,3)41-30-32-49-51(35-41)53(40-29-28-37-18-10-11-21-39(37)34-40)52-36-42(56(4,5)6)31-33-50(52)54(49)48-27-17-16-26-47(48)46-25-15-14-24-45(46)44-23-13-12-22-43(44)38-19-8-7-9-20-38;1-3-17-37(18-4-1)39-31-32-41-36-42(34-33-40(41)35-39)53-49-27-13-15-29-51(49)54(52-30-16-14-28-50(52)53)48-26-12-11-25-47(48)46-24-10-9-23-45(46)44-22-8-7-21-43(44)38-19-5-2-6-20-38/h7-36H,1-6H3;1-36H. The summed E-state index contributed by atoms with van der Waals surface area (Å²) in [6, 6.07) is 148. The Labute approximate surface area is 646 Å². The van der Waals surface area contributed by atoms with Gasteiger partial charge in [-0.3, -0.25) is 0 Å². The van der Waals surface area contributed by atoms with Gasteiger partial charge in [-0.1, -0.05) is 412 Å². The molecule has 0 nitrogen and oxygen atoms in total. The van der Waals surface area contributed by atoms with E-state index in [0.29, 0.717) is 0 Å². The largest absolute Gasteiger partial charge is 0.0622 e. The number of hydrogen-bond donors (Lipinski definition) is 0. The van der Waals surface area contributed by atoms with Crippen LogP contribution in [0, 0.1) is 0 Å². The van der Waals surface area contributed by atoms with Crippen LogP contribution >= 0.6 is 0 Å². The maximum absolute atomic E-state index is 2.49. The highest BCUT2D eigenvalue weighted by Crippen LogP contribution is 2.52. The molecule has 0 aliphatic carbocycles. The van der Waals surface area contributed by atoms with Crippen molar-refractivity contribution in [2.75, 3.05) is 0 Å². The summed E-state index contributed by atoms with van der Waals surface area (Å²) in [4.78, 5) is 0. The van der Waals surface area contributed by atoms with Crippen molar-refractivity contribution < 1.29 is 0 Å². The zero-order valence-electron chi connectivity index (χ0n) is 63.1. The van der Waals surface area contributed by atoms with Crippen LogP contribution in [0.25, 0.3) is 187 Å². The molecule has 0 saturated heterocycles. The van der Waals surface area contributed by atoms with E-state index < -0.39 is 0 Å². The molecular formula is C110H84. The van der Waals surface area contributed by atoms with Crippen LogP contribution in [0.5, 0.6) is 0 Å². The first-order chi connectivity index (χ1) is 53.9. The van der Waals surface area contributed by atoms with Crippen molar-refractivity contribution in [3.8, 4) is 122 Å². The Morgan fingerprint density at radius 3 is 0.764 bits per heavy atom. The normalized spacial score (nSPS) is 11.7. The predicted octanol–water partition coefficient (Wildman–Crippen LogP) is 31.2. The molecule has 19 rings (SSSR count). The van der Waals surface area contributed by atoms with Crippen LogP contribution in [0.15, 0.2) is 400 Å². The lowest BCUT2D eigenvalue weighted by Gasteiger charge is -2.26. The molecule has 0 amide bonds. The van der Waals surface area contributed by atoms with Gasteiger partial charge in [-0.15, -0.1) is 0 Å². The second-order valence-corrected chi connectivity index (χ2v) is 31.3. The number of hydrogen-bond acceptors (Lipinski definition) is 0. The van der Waals surface area contributed by atoms with Gasteiger partial charge in [-0.2, -0.15) is 0 Å². The number of benzene rings is 19. The molecule has 19 aromatic carbocycles. The Balaban J connectivity index is 0.000000154. The van der Waals surface area contributed by atoms with Crippen LogP contribution in [0.4, 0.5) is 0 Å². The number of fused-ring (bicyclic) bond motifs is 6. The van der Waals surface area contributed by atoms with Crippen LogP contribution in [-0.2, 0) is 10.8 Å². The van der Waals surface area contributed by atoms with Crippen LogP contribution in [0.2, 0.25) is 0 Å². The fourth-order valence-corrected chi connectivity index (χ4v) is 17.0. The average Bonchev–Trinajstić information content (AvgIpc) is 0.723. The van der Waals surface area contributed by atoms with Crippen molar-refractivity contribution >= 4 is 64.6 Å². The first-order valence-corrected chi connectivity index (χ1v) is 38.6. The smallest absolute Gasteiger partial charge is 0.00201 e. The summed E-state index contributed by atoms with van der Waals surface area (Å²) in [5.41, 5.74) is 29.9. The summed E-state index contributed by atoms with van der Waals surface area (Å²) >= 11 is 0. The van der Waals surface area contributed by atoms with E-state index >= 15 is 0 Å². The fraction of sp³-hybridized carbons (Fsp3) is 0.0727. The van der Waals surface area contributed by atoms with Gasteiger partial charge in [0.25, 0.3) is 0 Å². The van der Waals surface area contributed by atoms with Gasteiger partial charge in [-0.05, 0) is 239 Å². The highest BCUT2D eigenvalue weighted by Gasteiger charge is 2.27. The average molecular weight is 1410 g/mol. The molecule has 0 fully saturated rings. The molecule has 0 aromatic heterocycles. The Morgan fingerprint density at radius 1 is 0.136 bits per heavy atom. The van der Waals surface area contributed by atoms with Crippen molar-refractivity contribution in [2.45, 2.75) is 52.4 Å². The van der Waals surface area contributed by atoms with Gasteiger partial charge in [0.15, 0.2) is 0 Å². The molecule has 0 bridgehead atoms. The SMILES string of the molecule is CC(C)(C)c1ccc2c(-c3ccccc3-c3ccccc3-c3ccccc3-c3ccccc3)c3ccc(C(C)(C)C)cc3c(-c3ccc4ccccc4c3)c2c1.c1ccc(-c2ccc3cc(-c4c5ccccc5c(-c5ccccc5-c5ccccc5-c5ccccc5-c5ccccc5)c5ccccc45)ccc3c2)cc1. The molecule has 0 aliphatic rings. The number of rotatable bonds is 11. The molecule has 110 heavy (non-hydrogen) atoms. The van der Waals surface area contributed by atoms with E-state index in [-0.39, 0.29) is 10.8 Å². The second-order valence-electron chi connectivity index (χ2n) is 31.3. The molecule has 0 atom stereocenters. The monoisotopic (exact) mass is 1400 g/mol. The maximum Gasteiger partial charge on any atom is -0.00201 e. The molecule has 0 saturated carbocycles. The lowest BCUT2D eigenvalue weighted by molar-refractivity contribution is 0.591. The molecular weight excluding hydrogens is 1320 g/mol. The molecule has 524 valence electrons. The Kier molecular flexibility index (Phi) is 17.9. The van der Waals surface area contributed by atoms with Gasteiger partial charge < -0.3 is 0 Å². The van der Waals surface area contributed by atoms with E-state index in [1.165, 1.54) is 198 Å². The quantitative estimate of drug-likeness (QED) is 0.113. The lowest BCUT2D eigenvalue weighted by Crippen LogP contribution is -2.11. The summed E-state index contributed by atoms with van der Waals surface area (Å²) in [6.45, 7) is 13.9. The van der Waals surface area contributed by atoms with E-state index in [0.717, 1.165) is 0 Å². The van der Waals surface area contributed by atoms with Gasteiger partial charge in [0, 0.05) is 0 Å². The Bertz CT molecular complexity index is 6570. The first-order valence-electron chi connectivity index (χ1n) is 38.6. The molecule has 0 radical (unpaired) electrons. The zero-order valence-corrected chi connectivity index (χ0v) is 63.1. The van der Waals surface area contributed by atoms with Crippen molar-refractivity contribution in [1.29, 1.82) is 0 Å². The van der Waals surface area contributed by atoms with Crippen LogP contribution < -0.4 is 0 Å². The van der Waals surface area contributed by atoms with Gasteiger partial charge in [0.1, 0.15) is 0 Å². The minimum atomic E-state index is -0.0137. The third-order valence-corrected chi connectivity index (χ3v) is 22.5. The molecule has 0 spiro atoms. The van der Waals surface area contributed by atoms with Gasteiger partial charge >= 0.3 is 0 Å². The third-order valence-electron chi connectivity index (χ3n) is 22.5. The van der Waals surface area contributed by atoms with E-state index in [4.69, 9.17) is 0 Å². The summed E-state index contributed by atoms with van der Waals surface area (Å²) in [6.07, 6.45) is 0. The minimum absolute atomic E-state index is 0.0137. The molecule has 0 heterocycles. The molecule has 19 aromatic rings. The highest BCUT2D eigenvalue weighted by atomic mass is 14.3. The highest BCUT2D eigenvalue weighted by molar-refractivity contribution is 6.25. The Morgan fingerprint density at radius 2 is 0.382 bits per heavy atom. The maximum atomic E-state index is 2.49. The van der Waals surface area contributed by atoms with E-state index in [9.17, 15) is 0 Å². The van der Waals surface area contributed by atoms with Crippen molar-refractivity contribution in [2.24, 2.45) is 0 Å². The van der Waals surface area contributed by atoms with Crippen molar-refractivity contribution in [3.05, 3.63) is 412 Å². The first kappa shape index (κ1) is 68.5. The molecule has 0 unspecified atom stereocenters. The summed E-state index contributed by atoms with van der Waals surface area (Å²) in [5, 5.41) is 15.1. The van der Waals surface area contributed by atoms with Gasteiger partial charge in [0.2, 0.25) is 0 Å². The van der Waals surface area contributed by atoms with E-state index in [1.807, 2.05) is 0 Å². The molecule has 0 N–H and O–H groups in total. The molecule has 0 heteroatoms. The summed E-state index contributed by atoms with van der Waals surface area (Å²) < 4.78 is 0. The van der Waals surface area contributed by atoms with Gasteiger partial charge in [-0.25, -0.2) is 0 Å². The van der Waals surface area contributed by atoms with Crippen LogP contribution in [0.3, 0.4) is 0 Å². The topological polar surface area (TPSA) is 0 Å². The summed E-state index contributed by atoms with van der Waals surface area (Å²) in [7, 11) is 0. The van der Waals surface area contributed by atoms with Crippen molar-refractivity contribution in [1.82, 2.24) is 0 Å². The van der Waals surface area contributed by atoms with E-state index in [2.05, 4.69) is 442 Å². The second kappa shape index (κ2) is 28.8. The van der Waals surface area contributed by atoms with Gasteiger partial charge in [0.05, 0.1) is 0 Å². The van der Waals surface area contributed by atoms with Crippen molar-refractivity contribution in [3.63, 3.8) is 0 Å². The Hall–Kier alpha value is -13.3.